The molecule has 0 unspecified atom stereocenters. The quantitative estimate of drug-likeness (QED) is 0.783. The van der Waals surface area contributed by atoms with Gasteiger partial charge >= 0.3 is 0 Å². The van der Waals surface area contributed by atoms with E-state index in [4.69, 9.17) is 9.47 Å². The van der Waals surface area contributed by atoms with E-state index in [1.807, 2.05) is 31.2 Å². The zero-order chi connectivity index (χ0) is 15.8. The van der Waals surface area contributed by atoms with Gasteiger partial charge in [-0.3, -0.25) is 4.79 Å². The molecule has 0 fully saturated rings. The molecule has 0 aliphatic heterocycles. The molecule has 0 saturated heterocycles. The van der Waals surface area contributed by atoms with Crippen LogP contribution in [0.5, 0.6) is 11.5 Å². The van der Waals surface area contributed by atoms with E-state index in [1.54, 1.807) is 24.1 Å². The minimum atomic E-state index is -0.185. The molecule has 116 valence electrons. The lowest BCUT2D eigenvalue weighted by Gasteiger charge is -2.17. The van der Waals surface area contributed by atoms with Gasteiger partial charge in [-0.05, 0) is 31.2 Å². The maximum atomic E-state index is 12.1. The van der Waals surface area contributed by atoms with Crippen LogP contribution in [0.3, 0.4) is 0 Å². The lowest BCUT2D eigenvalue weighted by Crippen LogP contribution is -2.31. The molecule has 0 spiro atoms. The minimum absolute atomic E-state index is 0.185. The van der Waals surface area contributed by atoms with Crippen molar-refractivity contribution in [2.45, 2.75) is 6.92 Å². The Morgan fingerprint density at radius 2 is 1.86 bits per heavy atom. The number of hydrogen-bond donors (Lipinski definition) is 0. The molecule has 6 heteroatoms. The second kappa shape index (κ2) is 7.97. The number of ether oxygens (including phenoxy) is 2. The van der Waals surface area contributed by atoms with Gasteiger partial charge in [0, 0.05) is 13.2 Å². The van der Waals surface area contributed by atoms with Gasteiger partial charge in [-0.1, -0.05) is 12.1 Å². The monoisotopic (exact) mass is 301 g/mol. The zero-order valence-corrected chi connectivity index (χ0v) is 12.7. The van der Waals surface area contributed by atoms with Crippen molar-refractivity contribution in [3.05, 3.63) is 48.3 Å². The van der Waals surface area contributed by atoms with Gasteiger partial charge in [-0.2, -0.15) is 5.10 Å². The van der Waals surface area contributed by atoms with Gasteiger partial charge in [-0.15, -0.1) is 5.10 Å². The van der Waals surface area contributed by atoms with Crippen molar-refractivity contribution < 1.29 is 14.3 Å². The van der Waals surface area contributed by atoms with Crippen LogP contribution >= 0.6 is 0 Å². The number of carbonyl (C=O) groups excluding carboxylic acids is 1. The van der Waals surface area contributed by atoms with E-state index in [2.05, 4.69) is 10.2 Å². The highest BCUT2D eigenvalue weighted by molar-refractivity contribution is 5.91. The Balaban J connectivity index is 1.87. The molecule has 2 rings (SSSR count). The summed E-state index contributed by atoms with van der Waals surface area (Å²) in [6.07, 6.45) is 1.53. The molecule has 0 N–H and O–H groups in total. The lowest BCUT2D eigenvalue weighted by molar-refractivity contribution is 0.0766. The Kier molecular flexibility index (Phi) is 5.71. The van der Waals surface area contributed by atoms with E-state index in [0.29, 0.717) is 37.0 Å². The second-order valence-electron chi connectivity index (χ2n) is 4.56. The summed E-state index contributed by atoms with van der Waals surface area (Å²) in [5.74, 6) is 1.19. The molecule has 0 radical (unpaired) electrons. The fourth-order valence-electron chi connectivity index (χ4n) is 1.85. The van der Waals surface area contributed by atoms with Crippen LogP contribution < -0.4 is 9.47 Å². The molecular formula is C16H19N3O3. The van der Waals surface area contributed by atoms with Crippen molar-refractivity contribution in [1.29, 1.82) is 0 Å². The summed E-state index contributed by atoms with van der Waals surface area (Å²) in [5.41, 5.74) is 0.319. The van der Waals surface area contributed by atoms with Gasteiger partial charge in [0.2, 0.25) is 0 Å². The first-order chi connectivity index (χ1) is 10.7. The fourth-order valence-corrected chi connectivity index (χ4v) is 1.85. The number of amides is 1. The van der Waals surface area contributed by atoms with Gasteiger partial charge in [0.15, 0.2) is 17.2 Å². The summed E-state index contributed by atoms with van der Waals surface area (Å²) in [6, 6.07) is 10.8. The van der Waals surface area contributed by atoms with Crippen molar-refractivity contribution in [2.75, 3.05) is 26.8 Å². The summed E-state index contributed by atoms with van der Waals surface area (Å²) < 4.78 is 11.2. The van der Waals surface area contributed by atoms with E-state index >= 15 is 0 Å². The Bertz CT molecular complexity index is 605. The number of para-hydroxylation sites is 2. The number of likely N-dealkylation sites (N-methyl/N-ethyl adjacent to an activating group) is 1. The third-order valence-corrected chi connectivity index (χ3v) is 2.97. The third-order valence-electron chi connectivity index (χ3n) is 2.97. The molecule has 0 atom stereocenters. The minimum Gasteiger partial charge on any atom is -0.490 e. The first-order valence-electron chi connectivity index (χ1n) is 7.10. The fraction of sp³-hybridized carbons (Fsp3) is 0.312. The van der Waals surface area contributed by atoms with Gasteiger partial charge in [0.1, 0.15) is 6.61 Å². The van der Waals surface area contributed by atoms with E-state index in [0.717, 1.165) is 0 Å². The average Bonchev–Trinajstić information content (AvgIpc) is 2.56. The van der Waals surface area contributed by atoms with Crippen LogP contribution in [0.15, 0.2) is 42.6 Å². The number of rotatable bonds is 7. The van der Waals surface area contributed by atoms with E-state index in [-0.39, 0.29) is 5.91 Å². The van der Waals surface area contributed by atoms with Crippen LogP contribution in [0, 0.1) is 0 Å². The number of aromatic nitrogens is 2. The highest BCUT2D eigenvalue weighted by Crippen LogP contribution is 2.26. The number of benzene rings is 1. The molecule has 22 heavy (non-hydrogen) atoms. The molecule has 0 aliphatic carbocycles. The van der Waals surface area contributed by atoms with Crippen molar-refractivity contribution in [1.82, 2.24) is 15.1 Å². The van der Waals surface area contributed by atoms with Crippen LogP contribution in [-0.2, 0) is 0 Å². The molecule has 0 aliphatic rings. The maximum Gasteiger partial charge on any atom is 0.274 e. The predicted octanol–water partition coefficient (Wildman–Crippen LogP) is 2.03. The van der Waals surface area contributed by atoms with Gasteiger partial charge in [0.05, 0.1) is 13.2 Å². The average molecular weight is 301 g/mol. The normalized spacial score (nSPS) is 10.1. The van der Waals surface area contributed by atoms with Gasteiger partial charge in [-0.25, -0.2) is 0 Å². The van der Waals surface area contributed by atoms with Crippen LogP contribution in [0.2, 0.25) is 0 Å². The van der Waals surface area contributed by atoms with Gasteiger partial charge in [0.25, 0.3) is 5.91 Å². The molecule has 2 aromatic rings. The highest BCUT2D eigenvalue weighted by atomic mass is 16.5. The SMILES string of the molecule is CCOc1ccccc1OCCN(C)C(=O)c1cccnn1. The zero-order valence-electron chi connectivity index (χ0n) is 12.7. The summed E-state index contributed by atoms with van der Waals surface area (Å²) in [5, 5.41) is 7.51. The maximum absolute atomic E-state index is 12.1. The lowest BCUT2D eigenvalue weighted by atomic mass is 10.3. The van der Waals surface area contributed by atoms with Crippen molar-refractivity contribution >= 4 is 5.91 Å². The summed E-state index contributed by atoms with van der Waals surface area (Å²) in [4.78, 5) is 13.6. The molecule has 1 aromatic heterocycles. The first kappa shape index (κ1) is 15.8. The van der Waals surface area contributed by atoms with E-state index in [9.17, 15) is 4.79 Å². The molecule has 0 bridgehead atoms. The standard InChI is InChI=1S/C16H19N3O3/c1-3-21-14-8-4-5-9-15(14)22-12-11-19(2)16(20)13-7-6-10-17-18-13/h4-10H,3,11-12H2,1-2H3. The van der Waals surface area contributed by atoms with Crippen LogP contribution in [0.25, 0.3) is 0 Å². The Hall–Kier alpha value is -2.63. The van der Waals surface area contributed by atoms with Crippen molar-refractivity contribution in [3.8, 4) is 11.5 Å². The van der Waals surface area contributed by atoms with Gasteiger partial charge < -0.3 is 14.4 Å². The Labute approximate surface area is 129 Å². The number of hydrogen-bond acceptors (Lipinski definition) is 5. The Morgan fingerprint density at radius 3 is 2.50 bits per heavy atom. The number of carbonyl (C=O) groups is 1. The van der Waals surface area contributed by atoms with Crippen molar-refractivity contribution in [2.24, 2.45) is 0 Å². The summed E-state index contributed by atoms with van der Waals surface area (Å²) in [7, 11) is 1.70. The first-order valence-corrected chi connectivity index (χ1v) is 7.10. The molecule has 0 saturated carbocycles. The highest BCUT2D eigenvalue weighted by Gasteiger charge is 2.13. The van der Waals surface area contributed by atoms with Crippen LogP contribution in [0.1, 0.15) is 17.4 Å². The van der Waals surface area contributed by atoms with E-state index < -0.39 is 0 Å². The van der Waals surface area contributed by atoms with E-state index in [1.165, 1.54) is 6.20 Å². The molecule has 1 heterocycles. The predicted molar refractivity (Wildman–Crippen MR) is 82.1 cm³/mol. The van der Waals surface area contributed by atoms with Crippen LogP contribution in [0.4, 0.5) is 0 Å². The van der Waals surface area contributed by atoms with Crippen LogP contribution in [-0.4, -0.2) is 47.8 Å². The second-order valence-corrected chi connectivity index (χ2v) is 4.56. The number of nitrogens with zero attached hydrogens (tertiary/aromatic N) is 3. The third kappa shape index (κ3) is 4.18. The summed E-state index contributed by atoms with van der Waals surface area (Å²) in [6.45, 7) is 3.30. The largest absolute Gasteiger partial charge is 0.490 e. The Morgan fingerprint density at radius 1 is 1.14 bits per heavy atom. The topological polar surface area (TPSA) is 64.6 Å². The molecule has 6 nitrogen and oxygen atoms in total. The molecule has 1 aromatic carbocycles. The summed E-state index contributed by atoms with van der Waals surface area (Å²) >= 11 is 0. The van der Waals surface area contributed by atoms with Crippen molar-refractivity contribution in [3.63, 3.8) is 0 Å². The molecular weight excluding hydrogens is 282 g/mol. The molecule has 1 amide bonds. The smallest absolute Gasteiger partial charge is 0.274 e.